The van der Waals surface area contributed by atoms with E-state index < -0.39 is 5.54 Å². The molecule has 2 N–H and O–H groups in total. The summed E-state index contributed by atoms with van der Waals surface area (Å²) in [5.41, 5.74) is 2.03. The fourth-order valence-corrected chi connectivity index (χ4v) is 3.15. The SMILES string of the molecule is Cc1cc(F)cc(NC2(CO)CCc3c(F)cccc32)c1. The predicted octanol–water partition coefficient (Wildman–Crippen LogP) is 3.52. The number of halogens is 2. The Kier molecular flexibility index (Phi) is 3.41. The highest BCUT2D eigenvalue weighted by Crippen LogP contribution is 2.40. The molecule has 0 spiro atoms. The van der Waals surface area contributed by atoms with Gasteiger partial charge in [0.25, 0.3) is 0 Å². The van der Waals surface area contributed by atoms with Gasteiger partial charge in [-0.25, -0.2) is 8.78 Å². The highest BCUT2D eigenvalue weighted by molar-refractivity contribution is 5.53. The summed E-state index contributed by atoms with van der Waals surface area (Å²) in [6.45, 7) is 1.64. The zero-order valence-corrected chi connectivity index (χ0v) is 11.8. The first-order valence-electron chi connectivity index (χ1n) is 6.98. The van der Waals surface area contributed by atoms with E-state index in [-0.39, 0.29) is 18.2 Å². The Balaban J connectivity index is 2.02. The number of rotatable bonds is 3. The van der Waals surface area contributed by atoms with Gasteiger partial charge in [-0.05, 0) is 60.7 Å². The molecule has 1 unspecified atom stereocenters. The number of hydrogen-bond acceptors (Lipinski definition) is 2. The van der Waals surface area contributed by atoms with Crippen LogP contribution < -0.4 is 5.32 Å². The molecule has 110 valence electrons. The first-order valence-corrected chi connectivity index (χ1v) is 6.98. The molecule has 0 saturated carbocycles. The molecular weight excluding hydrogens is 272 g/mol. The fourth-order valence-electron chi connectivity index (χ4n) is 3.15. The molecule has 0 bridgehead atoms. The summed E-state index contributed by atoms with van der Waals surface area (Å²) in [4.78, 5) is 0. The van der Waals surface area contributed by atoms with Gasteiger partial charge in [0, 0.05) is 5.69 Å². The Morgan fingerprint density at radius 1 is 1.24 bits per heavy atom. The van der Waals surface area contributed by atoms with Crippen LogP contribution in [-0.2, 0) is 12.0 Å². The summed E-state index contributed by atoms with van der Waals surface area (Å²) in [7, 11) is 0. The molecule has 0 fully saturated rings. The van der Waals surface area contributed by atoms with E-state index in [1.165, 1.54) is 18.2 Å². The lowest BCUT2D eigenvalue weighted by molar-refractivity contribution is 0.211. The smallest absolute Gasteiger partial charge is 0.126 e. The maximum absolute atomic E-state index is 13.9. The molecule has 0 heterocycles. The second-order valence-electron chi connectivity index (χ2n) is 5.65. The summed E-state index contributed by atoms with van der Waals surface area (Å²) < 4.78 is 27.4. The van der Waals surface area contributed by atoms with Crippen molar-refractivity contribution < 1.29 is 13.9 Å². The van der Waals surface area contributed by atoms with Crippen molar-refractivity contribution >= 4 is 5.69 Å². The number of anilines is 1. The zero-order valence-electron chi connectivity index (χ0n) is 11.8. The molecule has 0 saturated heterocycles. The van der Waals surface area contributed by atoms with Crippen LogP contribution in [0.15, 0.2) is 36.4 Å². The summed E-state index contributed by atoms with van der Waals surface area (Å²) in [6.07, 6.45) is 1.14. The van der Waals surface area contributed by atoms with Crippen molar-refractivity contribution in [3.8, 4) is 0 Å². The number of aliphatic hydroxyl groups is 1. The molecule has 2 aromatic rings. The van der Waals surface area contributed by atoms with E-state index in [1.807, 2.05) is 19.1 Å². The van der Waals surface area contributed by atoms with Crippen LogP contribution in [0.25, 0.3) is 0 Å². The predicted molar refractivity (Wildman–Crippen MR) is 78.2 cm³/mol. The van der Waals surface area contributed by atoms with E-state index in [0.717, 1.165) is 11.1 Å². The van der Waals surface area contributed by atoms with Crippen molar-refractivity contribution in [2.75, 3.05) is 11.9 Å². The van der Waals surface area contributed by atoms with Gasteiger partial charge in [-0.1, -0.05) is 12.1 Å². The van der Waals surface area contributed by atoms with Gasteiger partial charge in [0.2, 0.25) is 0 Å². The lowest BCUT2D eigenvalue weighted by Gasteiger charge is -2.31. The normalized spacial score (nSPS) is 20.4. The van der Waals surface area contributed by atoms with Gasteiger partial charge in [-0.3, -0.25) is 0 Å². The van der Waals surface area contributed by atoms with Crippen LogP contribution in [0.4, 0.5) is 14.5 Å². The summed E-state index contributed by atoms with van der Waals surface area (Å²) in [5.74, 6) is -0.580. The maximum Gasteiger partial charge on any atom is 0.126 e. The van der Waals surface area contributed by atoms with Crippen LogP contribution in [0.2, 0.25) is 0 Å². The molecule has 0 radical (unpaired) electrons. The van der Waals surface area contributed by atoms with Crippen LogP contribution in [0.5, 0.6) is 0 Å². The molecule has 2 nitrogen and oxygen atoms in total. The molecule has 4 heteroatoms. The van der Waals surface area contributed by atoms with Gasteiger partial charge in [-0.15, -0.1) is 0 Å². The topological polar surface area (TPSA) is 32.3 Å². The number of hydrogen-bond donors (Lipinski definition) is 2. The van der Waals surface area contributed by atoms with Crippen LogP contribution in [0.1, 0.15) is 23.1 Å². The monoisotopic (exact) mass is 289 g/mol. The number of benzene rings is 2. The highest BCUT2D eigenvalue weighted by atomic mass is 19.1. The van der Waals surface area contributed by atoms with Gasteiger partial charge < -0.3 is 10.4 Å². The fraction of sp³-hybridized carbons (Fsp3) is 0.294. The molecule has 1 atom stereocenters. The van der Waals surface area contributed by atoms with Crippen molar-refractivity contribution in [2.24, 2.45) is 0 Å². The molecule has 2 aromatic carbocycles. The Hall–Kier alpha value is -1.94. The summed E-state index contributed by atoms with van der Waals surface area (Å²) >= 11 is 0. The highest BCUT2D eigenvalue weighted by Gasteiger charge is 2.39. The number of fused-ring (bicyclic) bond motifs is 1. The van der Waals surface area contributed by atoms with Crippen molar-refractivity contribution in [1.29, 1.82) is 0 Å². The molecule has 0 aromatic heterocycles. The quantitative estimate of drug-likeness (QED) is 0.906. The third kappa shape index (κ3) is 2.40. The van der Waals surface area contributed by atoms with E-state index in [9.17, 15) is 13.9 Å². The minimum atomic E-state index is -0.752. The number of nitrogens with one attached hydrogen (secondary N) is 1. The third-order valence-electron chi connectivity index (χ3n) is 4.13. The Bertz CT molecular complexity index is 666. The van der Waals surface area contributed by atoms with Crippen LogP contribution >= 0.6 is 0 Å². The van der Waals surface area contributed by atoms with Crippen LogP contribution in [0.3, 0.4) is 0 Å². The average molecular weight is 289 g/mol. The molecular formula is C17H17F2NO. The molecule has 0 amide bonds. The van der Waals surface area contributed by atoms with E-state index in [1.54, 1.807) is 6.07 Å². The summed E-state index contributed by atoms with van der Waals surface area (Å²) in [5, 5.41) is 13.1. The zero-order chi connectivity index (χ0) is 15.0. The largest absolute Gasteiger partial charge is 0.394 e. The van der Waals surface area contributed by atoms with Crippen LogP contribution in [0, 0.1) is 18.6 Å². The van der Waals surface area contributed by atoms with Gasteiger partial charge in [0.05, 0.1) is 12.1 Å². The average Bonchev–Trinajstić information content (AvgIpc) is 2.79. The van der Waals surface area contributed by atoms with Crippen LogP contribution in [-0.4, -0.2) is 11.7 Å². The maximum atomic E-state index is 13.9. The van der Waals surface area contributed by atoms with Crippen molar-refractivity contribution in [1.82, 2.24) is 0 Å². The molecule has 0 aliphatic heterocycles. The minimum absolute atomic E-state index is 0.168. The number of aliphatic hydroxyl groups excluding tert-OH is 1. The van der Waals surface area contributed by atoms with Gasteiger partial charge in [0.15, 0.2) is 0 Å². The van der Waals surface area contributed by atoms with E-state index in [4.69, 9.17) is 0 Å². The Morgan fingerprint density at radius 2 is 2.05 bits per heavy atom. The lowest BCUT2D eigenvalue weighted by Crippen LogP contribution is -2.37. The van der Waals surface area contributed by atoms with Crippen molar-refractivity contribution in [2.45, 2.75) is 25.3 Å². The van der Waals surface area contributed by atoms with E-state index in [2.05, 4.69) is 5.32 Å². The van der Waals surface area contributed by atoms with Gasteiger partial charge in [-0.2, -0.15) is 0 Å². The second kappa shape index (κ2) is 5.11. The van der Waals surface area contributed by atoms with Gasteiger partial charge >= 0.3 is 0 Å². The second-order valence-corrected chi connectivity index (χ2v) is 5.65. The molecule has 21 heavy (non-hydrogen) atoms. The first kappa shape index (κ1) is 14.0. The molecule has 3 rings (SSSR count). The third-order valence-corrected chi connectivity index (χ3v) is 4.13. The minimum Gasteiger partial charge on any atom is -0.394 e. The standard InChI is InChI=1S/C17H17F2NO/c1-11-7-12(18)9-13(8-11)20-17(10-21)6-5-14-15(17)3-2-4-16(14)19/h2-4,7-9,20-21H,5-6,10H2,1H3. The molecule has 1 aliphatic rings. The van der Waals surface area contributed by atoms with Crippen molar-refractivity contribution in [3.05, 3.63) is 64.7 Å². The molecule has 1 aliphatic carbocycles. The van der Waals surface area contributed by atoms with E-state index >= 15 is 0 Å². The Morgan fingerprint density at radius 3 is 2.76 bits per heavy atom. The van der Waals surface area contributed by atoms with E-state index in [0.29, 0.717) is 24.1 Å². The lowest BCUT2D eigenvalue weighted by atomic mass is 9.92. The Labute approximate surface area is 122 Å². The van der Waals surface area contributed by atoms with Crippen molar-refractivity contribution in [3.63, 3.8) is 0 Å². The summed E-state index contributed by atoms with van der Waals surface area (Å²) in [6, 6.07) is 9.54. The first-order chi connectivity index (χ1) is 10.0. The van der Waals surface area contributed by atoms with Gasteiger partial charge in [0.1, 0.15) is 11.6 Å². The number of aryl methyl sites for hydroxylation is 1.